The monoisotopic (exact) mass is 351 g/mol. The van der Waals surface area contributed by atoms with Crippen molar-refractivity contribution in [2.24, 2.45) is 0 Å². The van der Waals surface area contributed by atoms with E-state index in [-0.39, 0.29) is 17.4 Å². The molecular formula is C14H14BrN3O3. The second-order valence-electron chi connectivity index (χ2n) is 4.42. The second-order valence-corrected chi connectivity index (χ2v) is 5.33. The van der Waals surface area contributed by atoms with Crippen molar-refractivity contribution < 1.29 is 14.7 Å². The van der Waals surface area contributed by atoms with E-state index >= 15 is 0 Å². The standard InChI is InChI=1S/C14H14BrN3O3/c1-2-10(8-3-5-9(15)6-4-8)18-13(19)11-12(14(20)21)17-7-16-11/h3-7,10H,2H2,1H3,(H,16,17)(H,18,19)(H,20,21). The Kier molecular flexibility index (Phi) is 4.74. The molecule has 7 heteroatoms. The third kappa shape index (κ3) is 3.49. The summed E-state index contributed by atoms with van der Waals surface area (Å²) in [5.41, 5.74) is 0.623. The van der Waals surface area contributed by atoms with Gasteiger partial charge in [0.25, 0.3) is 5.91 Å². The van der Waals surface area contributed by atoms with E-state index in [2.05, 4.69) is 31.2 Å². The first kappa shape index (κ1) is 15.2. The average Bonchev–Trinajstić information content (AvgIpc) is 2.95. The van der Waals surface area contributed by atoms with Crippen LogP contribution in [0.5, 0.6) is 0 Å². The fraction of sp³-hybridized carbons (Fsp3) is 0.214. The van der Waals surface area contributed by atoms with Gasteiger partial charge in [-0.2, -0.15) is 0 Å². The highest BCUT2D eigenvalue weighted by Gasteiger charge is 2.22. The Morgan fingerprint density at radius 1 is 1.38 bits per heavy atom. The van der Waals surface area contributed by atoms with Crippen LogP contribution in [0.4, 0.5) is 0 Å². The molecule has 3 N–H and O–H groups in total. The van der Waals surface area contributed by atoms with Crippen molar-refractivity contribution in [3.8, 4) is 0 Å². The number of carbonyl (C=O) groups excluding carboxylic acids is 1. The Hall–Kier alpha value is -2.15. The zero-order valence-corrected chi connectivity index (χ0v) is 12.8. The molecule has 0 saturated heterocycles. The van der Waals surface area contributed by atoms with Crippen molar-refractivity contribution in [1.82, 2.24) is 15.3 Å². The van der Waals surface area contributed by atoms with Gasteiger partial charge < -0.3 is 15.4 Å². The largest absolute Gasteiger partial charge is 0.477 e. The summed E-state index contributed by atoms with van der Waals surface area (Å²) in [5.74, 6) is -1.72. The molecule has 1 amide bonds. The minimum atomic E-state index is -1.21. The van der Waals surface area contributed by atoms with E-state index in [1.807, 2.05) is 31.2 Å². The van der Waals surface area contributed by atoms with Gasteiger partial charge in [-0.25, -0.2) is 9.78 Å². The number of benzene rings is 1. The lowest BCUT2D eigenvalue weighted by molar-refractivity contribution is 0.0684. The quantitative estimate of drug-likeness (QED) is 0.771. The topological polar surface area (TPSA) is 95.1 Å². The second kappa shape index (κ2) is 6.53. The fourth-order valence-corrected chi connectivity index (χ4v) is 2.24. The number of halogens is 1. The first-order chi connectivity index (χ1) is 10.0. The number of H-pyrrole nitrogens is 1. The van der Waals surface area contributed by atoms with Crippen LogP contribution >= 0.6 is 15.9 Å². The molecule has 1 heterocycles. The molecular weight excluding hydrogens is 338 g/mol. The zero-order chi connectivity index (χ0) is 15.4. The number of carboxylic acid groups (broad SMARTS) is 1. The summed E-state index contributed by atoms with van der Waals surface area (Å²) in [6.45, 7) is 1.94. The summed E-state index contributed by atoms with van der Waals surface area (Å²) in [6, 6.07) is 7.38. The van der Waals surface area contributed by atoms with E-state index in [0.717, 1.165) is 10.0 Å². The Morgan fingerprint density at radius 3 is 2.62 bits per heavy atom. The van der Waals surface area contributed by atoms with E-state index in [4.69, 9.17) is 5.11 Å². The van der Waals surface area contributed by atoms with Crippen LogP contribution in [0, 0.1) is 0 Å². The van der Waals surface area contributed by atoms with Gasteiger partial charge >= 0.3 is 5.97 Å². The SMILES string of the molecule is CCC(NC(=O)c1nc[nH]c1C(=O)O)c1ccc(Br)cc1. The van der Waals surface area contributed by atoms with Gasteiger partial charge in [-0.3, -0.25) is 4.79 Å². The molecule has 21 heavy (non-hydrogen) atoms. The number of hydrogen-bond donors (Lipinski definition) is 3. The molecule has 110 valence electrons. The van der Waals surface area contributed by atoms with E-state index in [9.17, 15) is 9.59 Å². The number of aromatic nitrogens is 2. The number of aromatic carboxylic acids is 1. The molecule has 0 fully saturated rings. The molecule has 0 aliphatic heterocycles. The number of imidazole rings is 1. The summed E-state index contributed by atoms with van der Waals surface area (Å²) < 4.78 is 0.952. The lowest BCUT2D eigenvalue weighted by atomic mass is 10.0. The highest BCUT2D eigenvalue weighted by Crippen LogP contribution is 2.20. The first-order valence-electron chi connectivity index (χ1n) is 6.36. The Bertz CT molecular complexity index is 652. The molecule has 1 unspecified atom stereocenters. The minimum Gasteiger partial charge on any atom is -0.477 e. The molecule has 2 aromatic rings. The lowest BCUT2D eigenvalue weighted by Gasteiger charge is -2.17. The lowest BCUT2D eigenvalue weighted by Crippen LogP contribution is -2.29. The Morgan fingerprint density at radius 2 is 2.05 bits per heavy atom. The number of amides is 1. The van der Waals surface area contributed by atoms with Crippen LogP contribution in [-0.4, -0.2) is 27.0 Å². The van der Waals surface area contributed by atoms with Crippen LogP contribution in [0.15, 0.2) is 35.1 Å². The fourth-order valence-electron chi connectivity index (χ4n) is 1.97. The van der Waals surface area contributed by atoms with E-state index in [1.165, 1.54) is 6.33 Å². The summed E-state index contributed by atoms with van der Waals surface area (Å²) in [5, 5.41) is 11.8. The normalized spacial score (nSPS) is 11.9. The maximum Gasteiger partial charge on any atom is 0.354 e. The van der Waals surface area contributed by atoms with Gasteiger partial charge in [0, 0.05) is 4.47 Å². The van der Waals surface area contributed by atoms with E-state index in [1.54, 1.807) is 0 Å². The van der Waals surface area contributed by atoms with Crippen molar-refractivity contribution in [1.29, 1.82) is 0 Å². The van der Waals surface area contributed by atoms with Crippen molar-refractivity contribution in [2.45, 2.75) is 19.4 Å². The molecule has 0 aliphatic carbocycles. The maximum absolute atomic E-state index is 12.2. The van der Waals surface area contributed by atoms with Crippen molar-refractivity contribution in [2.75, 3.05) is 0 Å². The molecule has 0 aliphatic rings. The molecule has 0 spiro atoms. The number of carbonyl (C=O) groups is 2. The number of rotatable bonds is 5. The van der Waals surface area contributed by atoms with Gasteiger partial charge in [0.05, 0.1) is 12.4 Å². The summed E-state index contributed by atoms with van der Waals surface area (Å²) in [6.07, 6.45) is 1.87. The zero-order valence-electron chi connectivity index (χ0n) is 11.3. The molecule has 1 aromatic carbocycles. The molecule has 0 saturated carbocycles. The number of nitrogens with zero attached hydrogens (tertiary/aromatic N) is 1. The predicted octanol–water partition coefficient (Wildman–Crippen LogP) is 2.75. The van der Waals surface area contributed by atoms with Gasteiger partial charge in [-0.1, -0.05) is 35.0 Å². The smallest absolute Gasteiger partial charge is 0.354 e. The highest BCUT2D eigenvalue weighted by atomic mass is 79.9. The van der Waals surface area contributed by atoms with Gasteiger partial charge in [0.15, 0.2) is 11.4 Å². The molecule has 2 rings (SSSR count). The van der Waals surface area contributed by atoms with E-state index in [0.29, 0.717) is 6.42 Å². The summed E-state index contributed by atoms with van der Waals surface area (Å²) >= 11 is 3.36. The van der Waals surface area contributed by atoms with Crippen LogP contribution in [0.3, 0.4) is 0 Å². The third-order valence-corrected chi connectivity index (χ3v) is 3.58. The third-order valence-electron chi connectivity index (χ3n) is 3.05. The molecule has 1 aromatic heterocycles. The Labute approximate surface area is 129 Å². The number of hydrogen-bond acceptors (Lipinski definition) is 3. The number of carboxylic acids is 1. The molecule has 0 bridgehead atoms. The van der Waals surface area contributed by atoms with Gasteiger partial charge in [0.1, 0.15) is 0 Å². The summed E-state index contributed by atoms with van der Waals surface area (Å²) in [7, 11) is 0. The van der Waals surface area contributed by atoms with Crippen LogP contribution in [0.1, 0.15) is 45.9 Å². The van der Waals surface area contributed by atoms with Gasteiger partial charge in [0.2, 0.25) is 0 Å². The van der Waals surface area contributed by atoms with Crippen molar-refractivity contribution >= 4 is 27.8 Å². The first-order valence-corrected chi connectivity index (χ1v) is 7.15. The van der Waals surface area contributed by atoms with Crippen LogP contribution in [0.25, 0.3) is 0 Å². The van der Waals surface area contributed by atoms with Gasteiger partial charge in [-0.15, -0.1) is 0 Å². The van der Waals surface area contributed by atoms with E-state index < -0.39 is 11.9 Å². The average molecular weight is 352 g/mol. The summed E-state index contributed by atoms with van der Waals surface area (Å²) in [4.78, 5) is 29.4. The Balaban J connectivity index is 2.18. The van der Waals surface area contributed by atoms with Crippen molar-refractivity contribution in [3.63, 3.8) is 0 Å². The number of aromatic amines is 1. The van der Waals surface area contributed by atoms with Gasteiger partial charge in [-0.05, 0) is 24.1 Å². The van der Waals surface area contributed by atoms with Crippen LogP contribution in [0.2, 0.25) is 0 Å². The number of nitrogens with one attached hydrogen (secondary N) is 2. The predicted molar refractivity (Wildman–Crippen MR) is 80.2 cm³/mol. The van der Waals surface area contributed by atoms with Crippen LogP contribution < -0.4 is 5.32 Å². The van der Waals surface area contributed by atoms with Crippen LogP contribution in [-0.2, 0) is 0 Å². The maximum atomic E-state index is 12.2. The molecule has 0 radical (unpaired) electrons. The van der Waals surface area contributed by atoms with Crippen molar-refractivity contribution in [3.05, 3.63) is 52.0 Å². The molecule has 6 nitrogen and oxygen atoms in total. The minimum absolute atomic E-state index is 0.113. The molecule has 1 atom stereocenters. The highest BCUT2D eigenvalue weighted by molar-refractivity contribution is 9.10.